The van der Waals surface area contributed by atoms with Crippen LogP contribution in [0.25, 0.3) is 0 Å². The molecule has 2 rings (SSSR count). The summed E-state index contributed by atoms with van der Waals surface area (Å²) >= 11 is 0. The van der Waals surface area contributed by atoms with Crippen LogP contribution in [0, 0.1) is 0 Å². The number of ether oxygens (including phenoxy) is 1. The van der Waals surface area contributed by atoms with Crippen molar-refractivity contribution in [2.24, 2.45) is 0 Å². The van der Waals surface area contributed by atoms with E-state index in [0.717, 1.165) is 24.5 Å². The summed E-state index contributed by atoms with van der Waals surface area (Å²) in [6.45, 7) is 2.14. The maximum atomic E-state index is 5.27. The predicted molar refractivity (Wildman–Crippen MR) is 57.9 cm³/mol. The summed E-state index contributed by atoms with van der Waals surface area (Å²) < 4.78 is 5.27. The van der Waals surface area contributed by atoms with E-state index in [2.05, 4.69) is 16.7 Å². The van der Waals surface area contributed by atoms with Gasteiger partial charge in [0, 0.05) is 12.6 Å². The molecule has 1 aliphatic rings. The summed E-state index contributed by atoms with van der Waals surface area (Å²) in [5.41, 5.74) is 1.09. The highest BCUT2D eigenvalue weighted by Gasteiger charge is 2.14. The number of methoxy groups -OCH3 is 1. The first-order valence-corrected chi connectivity index (χ1v) is 5.00. The first kappa shape index (κ1) is 9.34. The lowest BCUT2D eigenvalue weighted by molar-refractivity contribution is 0.416. The standard InChI is InChI=1S/C11H16N2O/c1-14-11-5-3-2-4-10(11)13-9-6-7-12-8-9/h2-5,9,12-13H,6-8H2,1H3. The topological polar surface area (TPSA) is 33.3 Å². The molecule has 1 fully saturated rings. The second-order valence-electron chi connectivity index (χ2n) is 3.53. The van der Waals surface area contributed by atoms with Gasteiger partial charge in [0.25, 0.3) is 0 Å². The highest BCUT2D eigenvalue weighted by molar-refractivity contribution is 5.56. The zero-order valence-corrected chi connectivity index (χ0v) is 8.42. The fraction of sp³-hybridized carbons (Fsp3) is 0.455. The lowest BCUT2D eigenvalue weighted by Gasteiger charge is -2.15. The van der Waals surface area contributed by atoms with Crippen molar-refractivity contribution in [2.45, 2.75) is 12.5 Å². The number of rotatable bonds is 3. The Morgan fingerprint density at radius 3 is 3.00 bits per heavy atom. The molecule has 0 radical (unpaired) electrons. The fourth-order valence-electron chi connectivity index (χ4n) is 1.76. The minimum atomic E-state index is 0.534. The van der Waals surface area contributed by atoms with Crippen LogP contribution in [0.2, 0.25) is 0 Å². The molecule has 1 aromatic carbocycles. The van der Waals surface area contributed by atoms with Crippen LogP contribution < -0.4 is 15.4 Å². The number of anilines is 1. The lowest BCUT2D eigenvalue weighted by Crippen LogP contribution is -2.22. The van der Waals surface area contributed by atoms with Crippen molar-refractivity contribution < 1.29 is 4.74 Å². The molecule has 1 saturated heterocycles. The van der Waals surface area contributed by atoms with Crippen molar-refractivity contribution in [3.63, 3.8) is 0 Å². The van der Waals surface area contributed by atoms with Gasteiger partial charge in [-0.15, -0.1) is 0 Å². The quantitative estimate of drug-likeness (QED) is 0.761. The van der Waals surface area contributed by atoms with Crippen molar-refractivity contribution in [1.82, 2.24) is 5.32 Å². The molecule has 0 spiro atoms. The molecule has 3 heteroatoms. The van der Waals surface area contributed by atoms with Gasteiger partial charge in [0.2, 0.25) is 0 Å². The van der Waals surface area contributed by atoms with Crippen molar-refractivity contribution in [3.05, 3.63) is 24.3 Å². The minimum absolute atomic E-state index is 0.534. The van der Waals surface area contributed by atoms with Crippen LogP contribution in [-0.4, -0.2) is 26.2 Å². The molecule has 1 aromatic rings. The van der Waals surface area contributed by atoms with Crippen LogP contribution in [-0.2, 0) is 0 Å². The van der Waals surface area contributed by atoms with Crippen molar-refractivity contribution in [2.75, 3.05) is 25.5 Å². The van der Waals surface area contributed by atoms with Gasteiger partial charge in [-0.2, -0.15) is 0 Å². The summed E-state index contributed by atoms with van der Waals surface area (Å²) in [4.78, 5) is 0. The zero-order chi connectivity index (χ0) is 9.80. The molecule has 76 valence electrons. The van der Waals surface area contributed by atoms with E-state index in [1.54, 1.807) is 7.11 Å². The molecule has 1 atom stereocenters. The van der Waals surface area contributed by atoms with Gasteiger partial charge >= 0.3 is 0 Å². The van der Waals surface area contributed by atoms with Gasteiger partial charge in [-0.05, 0) is 25.1 Å². The summed E-state index contributed by atoms with van der Waals surface area (Å²) in [5.74, 6) is 0.916. The molecule has 3 nitrogen and oxygen atoms in total. The number of nitrogens with one attached hydrogen (secondary N) is 2. The van der Waals surface area contributed by atoms with Gasteiger partial charge in [-0.3, -0.25) is 0 Å². The van der Waals surface area contributed by atoms with E-state index in [0.29, 0.717) is 6.04 Å². The van der Waals surface area contributed by atoms with Crippen molar-refractivity contribution in [3.8, 4) is 5.75 Å². The zero-order valence-electron chi connectivity index (χ0n) is 8.42. The van der Waals surface area contributed by atoms with Crippen LogP contribution in [0.1, 0.15) is 6.42 Å². The largest absolute Gasteiger partial charge is 0.495 e. The van der Waals surface area contributed by atoms with E-state index >= 15 is 0 Å². The van der Waals surface area contributed by atoms with E-state index in [1.165, 1.54) is 6.42 Å². The summed E-state index contributed by atoms with van der Waals surface area (Å²) in [6, 6.07) is 8.57. The molecule has 1 aliphatic heterocycles. The third kappa shape index (κ3) is 1.99. The number of benzene rings is 1. The lowest BCUT2D eigenvalue weighted by atomic mass is 10.2. The van der Waals surface area contributed by atoms with Crippen LogP contribution in [0.5, 0.6) is 5.75 Å². The van der Waals surface area contributed by atoms with Gasteiger partial charge in [-0.25, -0.2) is 0 Å². The maximum Gasteiger partial charge on any atom is 0.141 e. The second kappa shape index (κ2) is 4.33. The minimum Gasteiger partial charge on any atom is -0.495 e. The Morgan fingerprint density at radius 1 is 1.43 bits per heavy atom. The highest BCUT2D eigenvalue weighted by Crippen LogP contribution is 2.24. The van der Waals surface area contributed by atoms with E-state index in [1.807, 2.05) is 18.2 Å². The van der Waals surface area contributed by atoms with Gasteiger partial charge < -0.3 is 15.4 Å². The first-order chi connectivity index (χ1) is 6.90. The number of para-hydroxylation sites is 2. The van der Waals surface area contributed by atoms with Crippen LogP contribution in [0.4, 0.5) is 5.69 Å². The van der Waals surface area contributed by atoms with E-state index < -0.39 is 0 Å². The highest BCUT2D eigenvalue weighted by atomic mass is 16.5. The Labute approximate surface area is 84.5 Å². The molecular weight excluding hydrogens is 176 g/mol. The normalized spacial score (nSPS) is 20.8. The molecule has 14 heavy (non-hydrogen) atoms. The van der Waals surface area contributed by atoms with E-state index in [-0.39, 0.29) is 0 Å². The second-order valence-corrected chi connectivity index (χ2v) is 3.53. The summed E-state index contributed by atoms with van der Waals surface area (Å²) in [6.07, 6.45) is 1.18. The average Bonchev–Trinajstić information content (AvgIpc) is 2.71. The van der Waals surface area contributed by atoms with Gasteiger partial charge in [0.05, 0.1) is 12.8 Å². The predicted octanol–water partition coefficient (Wildman–Crippen LogP) is 1.47. The first-order valence-electron chi connectivity index (χ1n) is 5.00. The number of hydrogen-bond acceptors (Lipinski definition) is 3. The Morgan fingerprint density at radius 2 is 2.29 bits per heavy atom. The molecule has 0 amide bonds. The molecule has 0 aliphatic carbocycles. The van der Waals surface area contributed by atoms with Crippen molar-refractivity contribution >= 4 is 5.69 Å². The molecular formula is C11H16N2O. The maximum absolute atomic E-state index is 5.27. The third-order valence-corrected chi connectivity index (χ3v) is 2.53. The average molecular weight is 192 g/mol. The van der Waals surface area contributed by atoms with Gasteiger partial charge in [0.15, 0.2) is 0 Å². The monoisotopic (exact) mass is 192 g/mol. The van der Waals surface area contributed by atoms with Gasteiger partial charge in [0.1, 0.15) is 5.75 Å². The fourth-order valence-corrected chi connectivity index (χ4v) is 1.76. The Balaban J connectivity index is 2.07. The van der Waals surface area contributed by atoms with Gasteiger partial charge in [-0.1, -0.05) is 12.1 Å². The third-order valence-electron chi connectivity index (χ3n) is 2.53. The Kier molecular flexibility index (Phi) is 2.89. The smallest absolute Gasteiger partial charge is 0.141 e. The summed E-state index contributed by atoms with van der Waals surface area (Å²) in [7, 11) is 1.70. The van der Waals surface area contributed by atoms with Crippen LogP contribution in [0.15, 0.2) is 24.3 Å². The van der Waals surface area contributed by atoms with E-state index in [4.69, 9.17) is 4.74 Å². The SMILES string of the molecule is COc1ccccc1NC1CCNC1. The number of hydrogen-bond donors (Lipinski definition) is 2. The Bertz CT molecular complexity index is 295. The molecule has 0 saturated carbocycles. The van der Waals surface area contributed by atoms with Crippen LogP contribution >= 0.6 is 0 Å². The van der Waals surface area contributed by atoms with E-state index in [9.17, 15) is 0 Å². The Hall–Kier alpha value is -1.22. The molecule has 0 aromatic heterocycles. The molecule has 1 unspecified atom stereocenters. The van der Waals surface area contributed by atoms with Crippen molar-refractivity contribution in [1.29, 1.82) is 0 Å². The molecule has 0 bridgehead atoms. The molecule has 2 N–H and O–H groups in total. The molecule has 1 heterocycles. The van der Waals surface area contributed by atoms with Crippen LogP contribution in [0.3, 0.4) is 0 Å². The summed E-state index contributed by atoms with van der Waals surface area (Å²) in [5, 5.41) is 6.80.